The van der Waals surface area contributed by atoms with Crippen LogP contribution in [0.3, 0.4) is 0 Å². The first kappa shape index (κ1) is 46.1. The van der Waals surface area contributed by atoms with Gasteiger partial charge in [-0.3, -0.25) is 29.8 Å². The van der Waals surface area contributed by atoms with Gasteiger partial charge in [0.1, 0.15) is 24.2 Å². The number of nitro groups is 2. The van der Waals surface area contributed by atoms with E-state index in [1.807, 2.05) is 0 Å². The number of nitro benzene ring substituents is 2. The van der Waals surface area contributed by atoms with E-state index in [0.29, 0.717) is 25.7 Å². The van der Waals surface area contributed by atoms with Crippen LogP contribution < -0.4 is 9.44 Å². The van der Waals surface area contributed by atoms with Crippen molar-refractivity contribution >= 4 is 100 Å². The van der Waals surface area contributed by atoms with Crippen molar-refractivity contribution in [3.05, 3.63) is 68.8 Å². The van der Waals surface area contributed by atoms with Crippen molar-refractivity contribution in [2.75, 3.05) is 14.2 Å². The van der Waals surface area contributed by atoms with Crippen LogP contribution >= 0.6 is 45.2 Å². The minimum absolute atomic E-state index is 0. The number of halogens is 2. The number of benzene rings is 2. The molecule has 2 aromatic rings. The fourth-order valence-electron chi connectivity index (χ4n) is 7.45. The monoisotopic (exact) mass is 1060 g/mol. The summed E-state index contributed by atoms with van der Waals surface area (Å²) in [7, 11) is -6.17. The molecular formula is C32H38I2N6O15S2. The largest absolute Gasteiger partial charge is 0.467 e. The van der Waals surface area contributed by atoms with Crippen molar-refractivity contribution in [2.24, 2.45) is 0 Å². The first-order valence-corrected chi connectivity index (χ1v) is 22.4. The highest BCUT2D eigenvalue weighted by atomic mass is 127. The third-order valence-corrected chi connectivity index (χ3v) is 15.7. The Balaban J connectivity index is 0.000000248. The van der Waals surface area contributed by atoms with Gasteiger partial charge in [-0.25, -0.2) is 26.4 Å². The average Bonchev–Trinajstić information content (AvgIpc) is 3.82. The fourth-order valence-corrected chi connectivity index (χ4v) is 12.6. The number of ether oxygens (including phenoxy) is 2. The molecule has 4 heterocycles. The van der Waals surface area contributed by atoms with Crippen LogP contribution in [0.25, 0.3) is 0 Å². The number of para-hydroxylation sites is 2. The van der Waals surface area contributed by atoms with E-state index >= 15 is 0 Å². The van der Waals surface area contributed by atoms with E-state index in [1.165, 1.54) is 48.3 Å². The average molecular weight is 1060 g/mol. The zero-order valence-corrected chi connectivity index (χ0v) is 36.0. The molecule has 2 aromatic carbocycles. The Labute approximate surface area is 353 Å². The normalized spacial score (nSPS) is 26.9. The summed E-state index contributed by atoms with van der Waals surface area (Å²) in [5.41, 5.74) is -1.15. The van der Waals surface area contributed by atoms with Crippen molar-refractivity contribution in [3.8, 4) is 0 Å². The van der Waals surface area contributed by atoms with Crippen molar-refractivity contribution < 1.29 is 60.8 Å². The predicted molar refractivity (Wildman–Crippen MR) is 214 cm³/mol. The maximum absolute atomic E-state index is 13.0. The lowest BCUT2D eigenvalue weighted by atomic mass is 9.99. The Morgan fingerprint density at radius 2 is 1.02 bits per heavy atom. The molecule has 4 aliphatic rings. The first-order chi connectivity index (χ1) is 26.3. The number of nitrogens with one attached hydrogen (secondary N) is 2. The number of amides is 2. The molecule has 4 saturated heterocycles. The van der Waals surface area contributed by atoms with Crippen molar-refractivity contribution in [1.29, 1.82) is 0 Å². The third kappa shape index (κ3) is 9.48. The zero-order chi connectivity index (χ0) is 41.3. The van der Waals surface area contributed by atoms with E-state index in [9.17, 15) is 56.2 Å². The minimum atomic E-state index is -4.32. The molecule has 0 bridgehead atoms. The van der Waals surface area contributed by atoms with E-state index in [2.05, 4.69) is 54.6 Å². The van der Waals surface area contributed by atoms with Crippen LogP contribution in [0.1, 0.15) is 38.5 Å². The van der Waals surface area contributed by atoms with Gasteiger partial charge in [-0.15, -0.1) is 0 Å². The Kier molecular flexibility index (Phi) is 15.0. The van der Waals surface area contributed by atoms with E-state index in [-0.39, 0.29) is 38.3 Å². The minimum Gasteiger partial charge on any atom is -0.467 e. The summed E-state index contributed by atoms with van der Waals surface area (Å²) in [6, 6.07) is 5.77. The smallest absolute Gasteiger partial charge is 0.328 e. The number of methoxy groups -OCH3 is 2. The molecule has 8 atom stereocenters. The van der Waals surface area contributed by atoms with Gasteiger partial charge in [-0.05, 0) is 50.7 Å². The molecule has 4 aliphatic heterocycles. The highest BCUT2D eigenvalue weighted by Crippen LogP contribution is 2.39. The molecule has 4 fully saturated rings. The zero-order valence-electron chi connectivity index (χ0n) is 30.1. The highest BCUT2D eigenvalue weighted by Gasteiger charge is 2.52. The lowest BCUT2D eigenvalue weighted by Gasteiger charge is -2.40. The summed E-state index contributed by atoms with van der Waals surface area (Å²) in [6.07, 6.45) is 2.62. The van der Waals surface area contributed by atoms with Crippen LogP contribution in [-0.4, -0.2) is 124 Å². The van der Waals surface area contributed by atoms with Gasteiger partial charge in [0, 0.05) is 32.1 Å². The number of hydrogen-bond acceptors (Lipinski definition) is 14. The number of esters is 2. The quantitative estimate of drug-likeness (QED) is 0.111. The molecule has 4 N–H and O–H groups in total. The summed E-state index contributed by atoms with van der Waals surface area (Å²) in [4.78, 5) is 72.5. The number of piperidine rings is 2. The number of fused-ring (bicyclic) bond motifs is 2. The van der Waals surface area contributed by atoms with Gasteiger partial charge in [-0.1, -0.05) is 69.4 Å². The molecule has 0 saturated carbocycles. The SMILES string of the molecule is COC(=O)[C@@H]1CC[C@H]2[C@@H](I)C[C@H](NS(=O)(=O)c3ccccc3[N+](=O)[O-])C(=O)N12.COC(=O)[C@@H]1CC[C@H]2[C@@H](I)C[C@H](NS(=O)(=O)c3ccccc3[N+](=O)[O-])C(=O)N12.O. The maximum Gasteiger partial charge on any atom is 0.328 e. The highest BCUT2D eigenvalue weighted by molar-refractivity contribution is 14.1. The van der Waals surface area contributed by atoms with Crippen molar-refractivity contribution in [1.82, 2.24) is 19.2 Å². The molecule has 6 rings (SSSR count). The van der Waals surface area contributed by atoms with Crippen LogP contribution in [0, 0.1) is 20.2 Å². The lowest BCUT2D eigenvalue weighted by molar-refractivity contribution is -0.388. The number of hydrogen-bond donors (Lipinski definition) is 2. The van der Waals surface area contributed by atoms with Crippen LogP contribution in [-0.2, 0) is 48.7 Å². The van der Waals surface area contributed by atoms with E-state index in [4.69, 9.17) is 9.47 Å². The molecule has 21 nitrogen and oxygen atoms in total. The first-order valence-electron chi connectivity index (χ1n) is 16.9. The Morgan fingerprint density at radius 3 is 1.33 bits per heavy atom. The number of alkyl halides is 2. The van der Waals surface area contributed by atoms with Gasteiger partial charge in [0.15, 0.2) is 9.79 Å². The molecule has 2 amide bonds. The maximum atomic E-state index is 13.0. The van der Waals surface area contributed by atoms with Crippen molar-refractivity contribution in [2.45, 2.75) is 92.4 Å². The number of carbonyl (C=O) groups excluding carboxylic acids is 4. The number of nitrogens with zero attached hydrogens (tertiary/aromatic N) is 4. The molecule has 0 aromatic heterocycles. The Bertz CT molecular complexity index is 2000. The molecule has 0 aliphatic carbocycles. The standard InChI is InChI=1S/2C16H18IN3O7S.H2O/c2*1-27-16(22)13-7-6-11-9(17)8-10(15(21)19(11)13)18-28(25,26)14-5-3-2-4-12(14)20(23)24;/h2*2-5,9-11,13,18H,6-8H2,1H3;1H2/t2*9-,10-,11-,13-;/m00./s1. The van der Waals surface area contributed by atoms with Crippen LogP contribution in [0.15, 0.2) is 58.3 Å². The van der Waals surface area contributed by atoms with Gasteiger partial charge in [0.05, 0.1) is 24.1 Å². The number of sulfonamides is 2. The predicted octanol–water partition coefficient (Wildman–Crippen LogP) is 1.14. The van der Waals surface area contributed by atoms with Gasteiger partial charge in [0.25, 0.3) is 11.4 Å². The van der Waals surface area contributed by atoms with Crippen LogP contribution in [0.4, 0.5) is 11.4 Å². The van der Waals surface area contributed by atoms with E-state index in [0.717, 1.165) is 24.3 Å². The molecule has 312 valence electrons. The van der Waals surface area contributed by atoms with Gasteiger partial charge in [0.2, 0.25) is 31.9 Å². The van der Waals surface area contributed by atoms with Crippen LogP contribution in [0.2, 0.25) is 0 Å². The summed E-state index contributed by atoms with van der Waals surface area (Å²) in [6.45, 7) is 0. The van der Waals surface area contributed by atoms with E-state index < -0.39 is 99.0 Å². The number of carbonyl (C=O) groups is 4. The second-order valence-electron chi connectivity index (χ2n) is 13.2. The molecule has 25 heteroatoms. The van der Waals surface area contributed by atoms with Gasteiger partial charge in [-0.2, -0.15) is 9.44 Å². The molecule has 0 radical (unpaired) electrons. The third-order valence-electron chi connectivity index (χ3n) is 9.96. The fraction of sp³-hybridized carbons (Fsp3) is 0.500. The van der Waals surface area contributed by atoms with Crippen LogP contribution in [0.5, 0.6) is 0 Å². The van der Waals surface area contributed by atoms with E-state index in [1.54, 1.807) is 0 Å². The van der Waals surface area contributed by atoms with Crippen molar-refractivity contribution in [3.63, 3.8) is 0 Å². The Hall–Kier alpha value is -3.64. The summed E-state index contributed by atoms with van der Waals surface area (Å²) >= 11 is 4.28. The molecular weight excluding hydrogens is 1030 g/mol. The summed E-state index contributed by atoms with van der Waals surface area (Å²) < 4.78 is 65.0. The summed E-state index contributed by atoms with van der Waals surface area (Å²) in [5.74, 6) is -2.12. The molecule has 0 spiro atoms. The number of rotatable bonds is 10. The lowest BCUT2D eigenvalue weighted by Crippen LogP contribution is -2.60. The summed E-state index contributed by atoms with van der Waals surface area (Å²) in [5, 5.41) is 22.3. The second kappa shape index (κ2) is 18.5. The van der Waals surface area contributed by atoms with Gasteiger partial charge < -0.3 is 24.7 Å². The second-order valence-corrected chi connectivity index (χ2v) is 19.7. The molecule has 57 heavy (non-hydrogen) atoms. The van der Waals surface area contributed by atoms with Gasteiger partial charge >= 0.3 is 11.9 Å². The topological polar surface area (TPSA) is 303 Å². The molecule has 0 unspecified atom stereocenters. The Morgan fingerprint density at radius 1 is 0.684 bits per heavy atom.